The van der Waals surface area contributed by atoms with Crippen LogP contribution in [0.25, 0.3) is 0 Å². The van der Waals surface area contributed by atoms with Gasteiger partial charge < -0.3 is 15.5 Å². The van der Waals surface area contributed by atoms with Gasteiger partial charge in [0.2, 0.25) is 0 Å². The van der Waals surface area contributed by atoms with Gasteiger partial charge >= 0.3 is 0 Å². The van der Waals surface area contributed by atoms with E-state index in [0.29, 0.717) is 36.3 Å². The molecule has 0 saturated carbocycles. The molecule has 7 heteroatoms. The van der Waals surface area contributed by atoms with Gasteiger partial charge in [-0.3, -0.25) is 4.79 Å². The van der Waals surface area contributed by atoms with E-state index in [1.807, 2.05) is 35.2 Å². The predicted molar refractivity (Wildman–Crippen MR) is 95.4 cm³/mol. The Hall–Kier alpha value is -3.04. The Morgan fingerprint density at radius 3 is 2.80 bits per heavy atom. The highest BCUT2D eigenvalue weighted by Crippen LogP contribution is 2.18. The zero-order valence-corrected chi connectivity index (χ0v) is 14.1. The van der Waals surface area contributed by atoms with Crippen molar-refractivity contribution < 1.29 is 4.79 Å². The van der Waals surface area contributed by atoms with Crippen molar-refractivity contribution in [3.05, 3.63) is 70.8 Å². The number of halogens is 1. The third-order valence-electron chi connectivity index (χ3n) is 3.76. The van der Waals surface area contributed by atoms with E-state index in [4.69, 9.17) is 11.6 Å². The Morgan fingerprint density at radius 1 is 1.32 bits per heavy atom. The van der Waals surface area contributed by atoms with Gasteiger partial charge in [-0.1, -0.05) is 35.9 Å². The molecule has 0 radical (unpaired) electrons. The van der Waals surface area contributed by atoms with Crippen LogP contribution in [0.2, 0.25) is 5.15 Å². The maximum Gasteiger partial charge on any atom is 0.270 e. The van der Waals surface area contributed by atoms with Crippen LogP contribution >= 0.6 is 11.6 Å². The van der Waals surface area contributed by atoms with Crippen molar-refractivity contribution in [3.63, 3.8) is 0 Å². The molecule has 1 aliphatic heterocycles. The molecule has 0 aliphatic carbocycles. The second-order valence-corrected chi connectivity index (χ2v) is 5.88. The second-order valence-electron chi connectivity index (χ2n) is 5.49. The molecule has 1 fully saturated rings. The Labute approximate surface area is 150 Å². The quantitative estimate of drug-likeness (QED) is 0.501. The summed E-state index contributed by atoms with van der Waals surface area (Å²) in [4.78, 5) is 18.5. The van der Waals surface area contributed by atoms with E-state index >= 15 is 0 Å². The lowest BCUT2D eigenvalue weighted by atomic mass is 10.2. The Kier molecular flexibility index (Phi) is 5.17. The minimum Gasteiger partial charge on any atom is -0.369 e. The third-order valence-corrected chi connectivity index (χ3v) is 3.98. The van der Waals surface area contributed by atoms with Crippen LogP contribution < -0.4 is 10.6 Å². The van der Waals surface area contributed by atoms with Crippen LogP contribution in [0.1, 0.15) is 5.56 Å². The highest BCUT2D eigenvalue weighted by molar-refractivity contribution is 6.29. The normalized spacial score (nSPS) is 15.3. The Bertz CT molecular complexity index is 827. The lowest BCUT2D eigenvalue weighted by Crippen LogP contribution is -2.26. The molecule has 2 N–H and O–H groups in total. The molecule has 1 aromatic carbocycles. The molecule has 6 nitrogen and oxygen atoms in total. The number of hydrogen-bond acceptors (Lipinski definition) is 5. The Morgan fingerprint density at radius 2 is 2.12 bits per heavy atom. The molecule has 1 aliphatic rings. The molecule has 0 spiro atoms. The van der Waals surface area contributed by atoms with Crippen molar-refractivity contribution >= 4 is 23.2 Å². The van der Waals surface area contributed by atoms with Crippen molar-refractivity contribution in [2.24, 2.45) is 0 Å². The molecule has 126 valence electrons. The number of rotatable bonds is 4. The first-order valence-electron chi connectivity index (χ1n) is 7.77. The Balaban J connectivity index is 1.80. The number of amides is 1. The average Bonchev–Trinajstić information content (AvgIpc) is 3.06. The zero-order chi connectivity index (χ0) is 17.6. The number of pyridine rings is 1. The molecule has 2 heterocycles. The monoisotopic (exact) mass is 353 g/mol. The van der Waals surface area contributed by atoms with Crippen LogP contribution in [0.5, 0.6) is 0 Å². The summed E-state index contributed by atoms with van der Waals surface area (Å²) in [6, 6.07) is 14.7. The van der Waals surface area contributed by atoms with Gasteiger partial charge in [0.1, 0.15) is 17.0 Å². The summed E-state index contributed by atoms with van der Waals surface area (Å²) in [6.45, 7) is 1.90. The van der Waals surface area contributed by atoms with Gasteiger partial charge in [0.25, 0.3) is 5.91 Å². The number of benzene rings is 1. The van der Waals surface area contributed by atoms with Crippen LogP contribution in [0.4, 0.5) is 5.69 Å². The summed E-state index contributed by atoms with van der Waals surface area (Å²) in [6.07, 6.45) is 1.69. The van der Waals surface area contributed by atoms with E-state index in [2.05, 4.69) is 15.6 Å². The summed E-state index contributed by atoms with van der Waals surface area (Å²) in [5, 5.41) is 15.8. The van der Waals surface area contributed by atoms with Gasteiger partial charge in [0, 0.05) is 31.5 Å². The van der Waals surface area contributed by atoms with Crippen LogP contribution in [0.15, 0.2) is 60.1 Å². The lowest BCUT2D eigenvalue weighted by molar-refractivity contribution is -0.112. The summed E-state index contributed by atoms with van der Waals surface area (Å²) >= 11 is 5.81. The van der Waals surface area contributed by atoms with E-state index in [0.717, 1.165) is 5.56 Å². The maximum atomic E-state index is 12.5. The SMILES string of the molecule is N#C/C(C(=O)Nc1ccccc1)=C1/NCCN1Cc1ccc(Cl)nc1. The molecule has 0 bridgehead atoms. The first-order valence-corrected chi connectivity index (χ1v) is 8.15. The number of hydrogen-bond donors (Lipinski definition) is 2. The van der Waals surface area contributed by atoms with Gasteiger partial charge in [0.15, 0.2) is 5.57 Å². The molecule has 1 aromatic heterocycles. The smallest absolute Gasteiger partial charge is 0.270 e. The van der Waals surface area contributed by atoms with Gasteiger partial charge in [-0.15, -0.1) is 0 Å². The topological polar surface area (TPSA) is 81.0 Å². The van der Waals surface area contributed by atoms with E-state index in [-0.39, 0.29) is 5.57 Å². The number of aromatic nitrogens is 1. The van der Waals surface area contributed by atoms with Crippen LogP contribution in [-0.4, -0.2) is 28.9 Å². The van der Waals surface area contributed by atoms with E-state index in [1.165, 1.54) is 0 Å². The number of nitriles is 1. The van der Waals surface area contributed by atoms with E-state index in [1.54, 1.807) is 24.4 Å². The molecule has 25 heavy (non-hydrogen) atoms. The predicted octanol–water partition coefficient (Wildman–Crippen LogP) is 2.51. The molecule has 0 unspecified atom stereocenters. The summed E-state index contributed by atoms with van der Waals surface area (Å²) in [5.41, 5.74) is 1.65. The van der Waals surface area contributed by atoms with Gasteiger partial charge in [0.05, 0.1) is 0 Å². The summed E-state index contributed by atoms with van der Waals surface area (Å²) in [7, 11) is 0. The largest absolute Gasteiger partial charge is 0.369 e. The van der Waals surface area contributed by atoms with Gasteiger partial charge in [-0.25, -0.2) is 4.98 Å². The highest BCUT2D eigenvalue weighted by atomic mass is 35.5. The number of anilines is 1. The fourth-order valence-corrected chi connectivity index (χ4v) is 2.70. The van der Waals surface area contributed by atoms with Crippen molar-refractivity contribution in [2.45, 2.75) is 6.54 Å². The van der Waals surface area contributed by atoms with Crippen molar-refractivity contribution in [2.75, 3.05) is 18.4 Å². The van der Waals surface area contributed by atoms with Crippen LogP contribution in [0.3, 0.4) is 0 Å². The summed E-state index contributed by atoms with van der Waals surface area (Å²) < 4.78 is 0. The van der Waals surface area contributed by atoms with Crippen molar-refractivity contribution in [1.29, 1.82) is 5.26 Å². The molecule has 1 saturated heterocycles. The third kappa shape index (κ3) is 4.08. The molecule has 0 atom stereocenters. The van der Waals surface area contributed by atoms with E-state index < -0.39 is 5.91 Å². The molecular formula is C18H16ClN5O. The maximum absolute atomic E-state index is 12.5. The number of nitrogens with zero attached hydrogens (tertiary/aromatic N) is 3. The average molecular weight is 354 g/mol. The van der Waals surface area contributed by atoms with Gasteiger partial charge in [-0.05, 0) is 23.8 Å². The summed E-state index contributed by atoms with van der Waals surface area (Å²) in [5.74, 6) is 0.100. The van der Waals surface area contributed by atoms with E-state index in [9.17, 15) is 10.1 Å². The molecule has 2 aromatic rings. The fraction of sp³-hybridized carbons (Fsp3) is 0.167. The number of nitrogens with one attached hydrogen (secondary N) is 2. The van der Waals surface area contributed by atoms with Crippen LogP contribution in [0, 0.1) is 11.3 Å². The first-order chi connectivity index (χ1) is 12.2. The molecular weight excluding hydrogens is 338 g/mol. The van der Waals surface area contributed by atoms with Crippen LogP contribution in [-0.2, 0) is 11.3 Å². The van der Waals surface area contributed by atoms with Gasteiger partial charge in [-0.2, -0.15) is 5.26 Å². The molecule has 1 amide bonds. The lowest BCUT2D eigenvalue weighted by Gasteiger charge is -2.20. The number of carbonyl (C=O) groups excluding carboxylic acids is 1. The molecule has 3 rings (SSSR count). The minimum absolute atomic E-state index is 0.0586. The highest BCUT2D eigenvalue weighted by Gasteiger charge is 2.25. The number of para-hydroxylation sites is 1. The fourth-order valence-electron chi connectivity index (χ4n) is 2.58. The minimum atomic E-state index is -0.433. The zero-order valence-electron chi connectivity index (χ0n) is 13.4. The second kappa shape index (κ2) is 7.69. The van der Waals surface area contributed by atoms with Crippen molar-refractivity contribution in [1.82, 2.24) is 15.2 Å². The number of carbonyl (C=O) groups is 1. The first kappa shape index (κ1) is 16.8. The van der Waals surface area contributed by atoms with Crippen molar-refractivity contribution in [3.8, 4) is 6.07 Å². The standard InChI is InChI=1S/C18H16ClN5O/c19-16-7-6-13(11-22-16)12-24-9-8-21-17(24)15(10-20)18(25)23-14-4-2-1-3-5-14/h1-7,11,21H,8-9,12H2,(H,23,25)/b17-15+.